The lowest BCUT2D eigenvalue weighted by Crippen LogP contribution is -2.61. The largest absolute Gasteiger partial charge is 0.344 e. The molecule has 2 fully saturated rings. The molecule has 92 valence electrons. The third kappa shape index (κ3) is 1.29. The standard InChI is InChI=1S/C13H16ClNO2/c1-11(2)16-9-8-4-5-12(3,10(9)17-11)13(14,6-8)7-15/h4-5,8-10H,6H2,1-3H3. The quantitative estimate of drug-likeness (QED) is 0.492. The molecule has 0 N–H and O–H groups in total. The lowest BCUT2D eigenvalue weighted by molar-refractivity contribution is -0.152. The number of nitriles is 1. The van der Waals surface area contributed by atoms with Gasteiger partial charge in [-0.3, -0.25) is 0 Å². The maximum absolute atomic E-state index is 9.38. The summed E-state index contributed by atoms with van der Waals surface area (Å²) in [7, 11) is 0. The highest BCUT2D eigenvalue weighted by atomic mass is 35.5. The maximum atomic E-state index is 9.38. The molecule has 0 aromatic heterocycles. The molecule has 1 aliphatic heterocycles. The lowest BCUT2D eigenvalue weighted by atomic mass is 9.57. The molecule has 0 aromatic carbocycles. The Hall–Kier alpha value is -0.560. The van der Waals surface area contributed by atoms with Crippen LogP contribution in [-0.2, 0) is 9.47 Å². The van der Waals surface area contributed by atoms with Crippen molar-refractivity contribution in [2.24, 2.45) is 11.3 Å². The van der Waals surface area contributed by atoms with Gasteiger partial charge in [-0.15, -0.1) is 11.6 Å². The van der Waals surface area contributed by atoms with Crippen LogP contribution in [0.4, 0.5) is 0 Å². The molecule has 5 atom stereocenters. The van der Waals surface area contributed by atoms with Gasteiger partial charge in [0.05, 0.1) is 18.3 Å². The first-order chi connectivity index (χ1) is 7.81. The van der Waals surface area contributed by atoms with Crippen molar-refractivity contribution < 1.29 is 9.47 Å². The minimum atomic E-state index is -0.878. The number of fused-ring (bicyclic) bond motifs is 1. The summed E-state index contributed by atoms with van der Waals surface area (Å²) in [6.07, 6.45) is 4.71. The van der Waals surface area contributed by atoms with Crippen LogP contribution in [0.15, 0.2) is 12.2 Å². The number of halogens is 1. The van der Waals surface area contributed by atoms with Gasteiger partial charge in [0.15, 0.2) is 5.79 Å². The van der Waals surface area contributed by atoms with Crippen LogP contribution in [0.2, 0.25) is 0 Å². The first-order valence-electron chi connectivity index (χ1n) is 5.96. The molecule has 0 radical (unpaired) electrons. The van der Waals surface area contributed by atoms with Crippen molar-refractivity contribution in [1.29, 1.82) is 5.26 Å². The van der Waals surface area contributed by atoms with Gasteiger partial charge in [0, 0.05) is 11.3 Å². The second-order valence-electron chi connectivity index (χ2n) is 5.94. The van der Waals surface area contributed by atoms with Gasteiger partial charge in [0.1, 0.15) is 4.87 Å². The third-order valence-electron chi connectivity index (χ3n) is 4.38. The third-order valence-corrected chi connectivity index (χ3v) is 5.03. The van der Waals surface area contributed by atoms with E-state index in [-0.39, 0.29) is 18.1 Å². The average Bonchev–Trinajstić information content (AvgIpc) is 2.59. The van der Waals surface area contributed by atoms with Crippen LogP contribution < -0.4 is 0 Å². The fourth-order valence-electron chi connectivity index (χ4n) is 3.35. The molecule has 1 saturated heterocycles. The highest BCUT2D eigenvalue weighted by molar-refractivity contribution is 6.26. The number of alkyl halides is 1. The molecule has 2 bridgehead atoms. The Morgan fingerprint density at radius 1 is 1.35 bits per heavy atom. The van der Waals surface area contributed by atoms with E-state index in [9.17, 15) is 5.26 Å². The van der Waals surface area contributed by atoms with Crippen LogP contribution >= 0.6 is 11.6 Å². The molecule has 1 saturated carbocycles. The molecule has 4 heteroatoms. The van der Waals surface area contributed by atoms with E-state index in [2.05, 4.69) is 12.1 Å². The minimum absolute atomic E-state index is 0.0280. The zero-order valence-corrected chi connectivity index (χ0v) is 11.0. The second-order valence-corrected chi connectivity index (χ2v) is 6.59. The number of hydrogen-bond donors (Lipinski definition) is 0. The van der Waals surface area contributed by atoms with Crippen LogP contribution in [0, 0.1) is 22.7 Å². The zero-order valence-electron chi connectivity index (χ0n) is 10.2. The summed E-state index contributed by atoms with van der Waals surface area (Å²) < 4.78 is 11.9. The molecule has 3 nitrogen and oxygen atoms in total. The van der Waals surface area contributed by atoms with Crippen molar-refractivity contribution in [2.75, 3.05) is 0 Å². The van der Waals surface area contributed by atoms with Crippen LogP contribution in [0.25, 0.3) is 0 Å². The van der Waals surface area contributed by atoms with Crippen LogP contribution in [0.5, 0.6) is 0 Å². The van der Waals surface area contributed by atoms with Gasteiger partial charge in [0.25, 0.3) is 0 Å². The van der Waals surface area contributed by atoms with E-state index in [0.29, 0.717) is 6.42 Å². The minimum Gasteiger partial charge on any atom is -0.344 e. The van der Waals surface area contributed by atoms with Crippen molar-refractivity contribution in [3.8, 4) is 6.07 Å². The van der Waals surface area contributed by atoms with E-state index >= 15 is 0 Å². The normalized spacial score (nSPS) is 54.4. The Morgan fingerprint density at radius 3 is 2.71 bits per heavy atom. The molecule has 4 rings (SSSR count). The van der Waals surface area contributed by atoms with Crippen molar-refractivity contribution in [2.45, 2.75) is 50.1 Å². The Bertz CT molecular complexity index is 441. The molecule has 4 aliphatic rings. The summed E-state index contributed by atoms with van der Waals surface area (Å²) >= 11 is 6.51. The summed E-state index contributed by atoms with van der Waals surface area (Å²) in [5.41, 5.74) is -0.476. The SMILES string of the molecule is CC1(C)OC2C3C=CC(C)(C2O1)C(Cl)(C#N)C3. The van der Waals surface area contributed by atoms with Crippen molar-refractivity contribution in [3.05, 3.63) is 12.2 Å². The molecule has 0 amide bonds. The van der Waals surface area contributed by atoms with E-state index in [1.807, 2.05) is 26.8 Å². The number of ether oxygens (including phenoxy) is 2. The predicted octanol–water partition coefficient (Wildman–Crippen LogP) is 2.60. The molecule has 17 heavy (non-hydrogen) atoms. The smallest absolute Gasteiger partial charge is 0.163 e. The Balaban J connectivity index is 2.08. The van der Waals surface area contributed by atoms with E-state index < -0.39 is 16.1 Å². The van der Waals surface area contributed by atoms with Gasteiger partial charge >= 0.3 is 0 Å². The molecule has 1 heterocycles. The van der Waals surface area contributed by atoms with E-state index in [0.717, 1.165) is 0 Å². The van der Waals surface area contributed by atoms with Gasteiger partial charge in [-0.2, -0.15) is 5.26 Å². The van der Waals surface area contributed by atoms with E-state index in [1.54, 1.807) is 0 Å². The molecule has 5 unspecified atom stereocenters. The van der Waals surface area contributed by atoms with Crippen LogP contribution in [0.1, 0.15) is 27.2 Å². The van der Waals surface area contributed by atoms with Gasteiger partial charge in [0.2, 0.25) is 0 Å². The highest BCUT2D eigenvalue weighted by Crippen LogP contribution is 2.59. The topological polar surface area (TPSA) is 42.2 Å². The first-order valence-corrected chi connectivity index (χ1v) is 6.34. The van der Waals surface area contributed by atoms with Gasteiger partial charge in [-0.05, 0) is 20.3 Å². The van der Waals surface area contributed by atoms with Crippen molar-refractivity contribution >= 4 is 11.6 Å². The molecule has 0 aromatic rings. The fourth-order valence-corrected chi connectivity index (χ4v) is 3.69. The van der Waals surface area contributed by atoms with Crippen molar-refractivity contribution in [3.63, 3.8) is 0 Å². The van der Waals surface area contributed by atoms with Crippen molar-refractivity contribution in [1.82, 2.24) is 0 Å². The molecule has 3 aliphatic carbocycles. The Labute approximate surface area is 106 Å². The van der Waals surface area contributed by atoms with E-state index in [1.165, 1.54) is 0 Å². The zero-order chi connectivity index (χ0) is 12.5. The average molecular weight is 254 g/mol. The summed E-state index contributed by atoms with van der Waals surface area (Å²) in [5.74, 6) is -0.404. The summed E-state index contributed by atoms with van der Waals surface area (Å²) in [6, 6.07) is 2.27. The van der Waals surface area contributed by atoms with Gasteiger partial charge in [-0.25, -0.2) is 0 Å². The van der Waals surface area contributed by atoms with Gasteiger partial charge in [-0.1, -0.05) is 19.1 Å². The number of nitrogens with zero attached hydrogens (tertiary/aromatic N) is 1. The molecule has 0 spiro atoms. The Morgan fingerprint density at radius 2 is 2.06 bits per heavy atom. The van der Waals surface area contributed by atoms with E-state index in [4.69, 9.17) is 21.1 Å². The van der Waals surface area contributed by atoms with Crippen LogP contribution in [0.3, 0.4) is 0 Å². The summed E-state index contributed by atoms with van der Waals surface area (Å²) in [4.78, 5) is -0.878. The predicted molar refractivity (Wildman–Crippen MR) is 63.4 cm³/mol. The maximum Gasteiger partial charge on any atom is 0.163 e. The highest BCUT2D eigenvalue weighted by Gasteiger charge is 2.66. The lowest BCUT2D eigenvalue weighted by Gasteiger charge is -2.53. The second kappa shape index (κ2) is 3.06. The van der Waals surface area contributed by atoms with Crippen LogP contribution in [-0.4, -0.2) is 22.9 Å². The molecular formula is C13H16ClNO2. The van der Waals surface area contributed by atoms with Gasteiger partial charge < -0.3 is 9.47 Å². The first kappa shape index (κ1) is 11.5. The Kier molecular flexibility index (Phi) is 2.07. The fraction of sp³-hybridized carbons (Fsp3) is 0.769. The number of rotatable bonds is 0. The number of hydrogen-bond acceptors (Lipinski definition) is 3. The monoisotopic (exact) mass is 253 g/mol. The summed E-state index contributed by atoms with van der Waals surface area (Å²) in [6.45, 7) is 5.82. The molecular weight excluding hydrogens is 238 g/mol. The summed E-state index contributed by atoms with van der Waals surface area (Å²) in [5, 5.41) is 9.38.